The van der Waals surface area contributed by atoms with E-state index < -0.39 is 0 Å². The van der Waals surface area contributed by atoms with Crippen LogP contribution in [0.2, 0.25) is 0 Å². The van der Waals surface area contributed by atoms with Gasteiger partial charge in [-0.2, -0.15) is 0 Å². The summed E-state index contributed by atoms with van der Waals surface area (Å²) < 4.78 is 4.98. The second-order valence-electron chi connectivity index (χ2n) is 13.4. The molecule has 10 nitrogen and oxygen atoms in total. The number of hydrogen-bond acceptors (Lipinski definition) is 9. The van der Waals surface area contributed by atoms with Crippen LogP contribution in [0.5, 0.6) is 0 Å². The number of aliphatic imine (C=N–C) groups is 3. The van der Waals surface area contributed by atoms with Crippen LogP contribution in [0.15, 0.2) is 106 Å². The molecule has 5 aliphatic heterocycles. The van der Waals surface area contributed by atoms with Crippen LogP contribution in [-0.2, 0) is 14.3 Å². The zero-order chi connectivity index (χ0) is 35.0. The molecular weight excluding hydrogens is 618 g/mol. The molecule has 2 atom stereocenters. The van der Waals surface area contributed by atoms with Crippen molar-refractivity contribution >= 4 is 29.0 Å². The lowest BCUT2D eigenvalue weighted by Crippen LogP contribution is -2.29. The first-order valence-electron chi connectivity index (χ1n) is 17.6. The maximum atomic E-state index is 13.8. The number of amides is 1. The van der Waals surface area contributed by atoms with Gasteiger partial charge in [0, 0.05) is 59.3 Å². The molecule has 1 aliphatic carbocycles. The van der Waals surface area contributed by atoms with Gasteiger partial charge in [0.25, 0.3) is 5.91 Å². The number of esters is 1. The first-order chi connectivity index (χ1) is 23.6. The van der Waals surface area contributed by atoms with Gasteiger partial charge in [-0.05, 0) is 68.1 Å². The first-order valence-corrected chi connectivity index (χ1v) is 17.6. The van der Waals surface area contributed by atoms with Gasteiger partial charge in [0.05, 0.1) is 53.5 Å². The third-order valence-electron chi connectivity index (χ3n) is 10.5. The maximum Gasteiger partial charge on any atom is 0.305 e. The monoisotopic (exact) mass is 665 g/mol. The quantitative estimate of drug-likeness (QED) is 0.151. The summed E-state index contributed by atoms with van der Waals surface area (Å²) in [5.74, 6) is -0.243. The summed E-state index contributed by atoms with van der Waals surface area (Å²) in [6.45, 7) is 10.6. The lowest BCUT2D eigenvalue weighted by Gasteiger charge is -2.17. The van der Waals surface area contributed by atoms with Gasteiger partial charge in [-0.3, -0.25) is 9.59 Å². The number of allylic oxidation sites excluding steroid dienone is 10. The number of carbonyl (C=O) groups is 2. The zero-order valence-corrected chi connectivity index (χ0v) is 29.4. The minimum absolute atomic E-state index is 0.00385. The van der Waals surface area contributed by atoms with Crippen molar-refractivity contribution in [3.8, 4) is 0 Å². The molecule has 258 valence electrons. The molecule has 5 heterocycles. The summed E-state index contributed by atoms with van der Waals surface area (Å²) in [6, 6.07) is 0. The van der Waals surface area contributed by atoms with Crippen molar-refractivity contribution in [3.05, 3.63) is 91.5 Å². The van der Waals surface area contributed by atoms with Crippen LogP contribution in [0.1, 0.15) is 86.0 Å². The predicted octanol–water partition coefficient (Wildman–Crippen LogP) is 6.28. The zero-order valence-electron chi connectivity index (χ0n) is 29.4. The summed E-state index contributed by atoms with van der Waals surface area (Å²) in [5.41, 5.74) is 11.0. The Morgan fingerprint density at radius 3 is 2.47 bits per heavy atom. The fourth-order valence-corrected chi connectivity index (χ4v) is 7.61. The van der Waals surface area contributed by atoms with Crippen molar-refractivity contribution in [1.82, 2.24) is 10.6 Å². The summed E-state index contributed by atoms with van der Waals surface area (Å²) in [5, 5.41) is 28.6. The third-order valence-corrected chi connectivity index (χ3v) is 10.5. The Morgan fingerprint density at radius 2 is 1.76 bits per heavy atom. The molecule has 0 aromatic carbocycles. The molecule has 6 rings (SSSR count). The van der Waals surface area contributed by atoms with E-state index in [4.69, 9.17) is 19.7 Å². The van der Waals surface area contributed by atoms with Crippen LogP contribution in [0.4, 0.5) is 0 Å². The van der Waals surface area contributed by atoms with E-state index in [9.17, 15) is 19.8 Å². The Bertz CT molecular complexity index is 1860. The lowest BCUT2D eigenvalue weighted by molar-refractivity contribution is -0.140. The summed E-state index contributed by atoms with van der Waals surface area (Å²) in [7, 11) is 1.40. The highest BCUT2D eigenvalue weighted by Gasteiger charge is 2.41. The highest BCUT2D eigenvalue weighted by molar-refractivity contribution is 6.29. The summed E-state index contributed by atoms with van der Waals surface area (Å²) in [4.78, 5) is 41.2. The number of carbonyl (C=O) groups excluding carboxylic acids is 2. The second-order valence-corrected chi connectivity index (χ2v) is 13.4. The molecule has 8 bridgehead atoms. The minimum Gasteiger partial charge on any atom is -0.511 e. The molecule has 1 fully saturated rings. The van der Waals surface area contributed by atoms with Gasteiger partial charge < -0.3 is 25.6 Å². The number of fused-ring (bicyclic) bond motifs is 5. The second kappa shape index (κ2) is 14.1. The van der Waals surface area contributed by atoms with Gasteiger partial charge in [-0.25, -0.2) is 15.0 Å². The summed E-state index contributed by atoms with van der Waals surface area (Å²) in [6.07, 6.45) is 11.7. The van der Waals surface area contributed by atoms with Gasteiger partial charge >= 0.3 is 5.97 Å². The number of ether oxygens (including phenoxy) is 1. The first kappa shape index (κ1) is 34.3. The molecule has 1 amide bonds. The van der Waals surface area contributed by atoms with E-state index in [2.05, 4.69) is 24.5 Å². The lowest BCUT2D eigenvalue weighted by atomic mass is 9.86. The van der Waals surface area contributed by atoms with Gasteiger partial charge in [0.15, 0.2) is 0 Å². The minimum atomic E-state index is -0.271. The van der Waals surface area contributed by atoms with Gasteiger partial charge in [-0.15, -0.1) is 0 Å². The van der Waals surface area contributed by atoms with Crippen molar-refractivity contribution in [2.24, 2.45) is 26.8 Å². The fraction of sp³-hybridized carbons (Fsp3) is 0.462. The average molecular weight is 666 g/mol. The highest BCUT2D eigenvalue weighted by Crippen LogP contribution is 2.46. The highest BCUT2D eigenvalue weighted by atomic mass is 16.5. The Morgan fingerprint density at radius 1 is 1.00 bits per heavy atom. The molecule has 6 aliphatic rings. The van der Waals surface area contributed by atoms with E-state index in [0.29, 0.717) is 65.5 Å². The number of aliphatic hydroxyl groups is 2. The fourth-order valence-electron chi connectivity index (χ4n) is 7.61. The van der Waals surface area contributed by atoms with Crippen molar-refractivity contribution in [2.75, 3.05) is 20.3 Å². The van der Waals surface area contributed by atoms with E-state index >= 15 is 0 Å². The largest absolute Gasteiger partial charge is 0.511 e. The van der Waals surface area contributed by atoms with Crippen LogP contribution in [0, 0.1) is 11.8 Å². The Labute approximate surface area is 288 Å². The third kappa shape index (κ3) is 6.23. The van der Waals surface area contributed by atoms with Crippen molar-refractivity contribution in [2.45, 2.75) is 86.0 Å². The van der Waals surface area contributed by atoms with E-state index in [1.165, 1.54) is 7.11 Å². The van der Waals surface area contributed by atoms with Crippen LogP contribution < -0.4 is 10.6 Å². The number of nitrogens with zero attached hydrogens (tertiary/aromatic N) is 3. The van der Waals surface area contributed by atoms with E-state index in [1.54, 1.807) is 0 Å². The normalized spacial score (nSPS) is 22.8. The molecule has 0 spiro atoms. The van der Waals surface area contributed by atoms with E-state index in [1.807, 2.05) is 39.0 Å². The molecule has 4 N–H and O–H groups in total. The smallest absolute Gasteiger partial charge is 0.305 e. The van der Waals surface area contributed by atoms with Crippen LogP contribution >= 0.6 is 0 Å². The standard InChI is InChI=1S/C39H47N5O5/c1-7-9-10-11-14-40-39(48)36-23(8-2)30-17-29-22(5)35-33(46)15-25(38(35)44-29)37-24(12-13-34(47)49-6)20(3)28(43-37)16-27-21(4)26(19-45)31(41-27)18-32(36)42-30/h16-18,20,24,43,45-46H,7-15,19H2,1-6H3,(H,40,48)/t20-,24-/m0/s1. The molecule has 0 unspecified atom stereocenters. The van der Waals surface area contributed by atoms with Gasteiger partial charge in [0.1, 0.15) is 5.76 Å². The van der Waals surface area contributed by atoms with Crippen molar-refractivity contribution in [3.63, 3.8) is 0 Å². The van der Waals surface area contributed by atoms with Crippen LogP contribution in [-0.4, -0.2) is 59.5 Å². The predicted molar refractivity (Wildman–Crippen MR) is 192 cm³/mol. The molecule has 0 saturated carbocycles. The average Bonchev–Trinajstić information content (AvgIpc) is 3.85. The number of unbranched alkanes of at least 4 members (excludes halogenated alkanes) is 3. The number of aliphatic hydroxyl groups excluding tert-OH is 2. The molecule has 0 aromatic rings. The number of rotatable bonds is 11. The summed E-state index contributed by atoms with van der Waals surface area (Å²) >= 11 is 0. The Balaban J connectivity index is 1.53. The molecular formula is C39H47N5O5. The Kier molecular flexibility index (Phi) is 9.88. The van der Waals surface area contributed by atoms with Gasteiger partial charge in [-0.1, -0.05) is 40.0 Å². The SMILES string of the molecule is CCCCCCNC(=O)C1=C(CC)C2=CC3=C(C)C4=C(O)CC(=C5NC(=CC6=NC(=CC1=N2)C(CO)=C6C)[C@@H](C)[C@@H]5CCC(=O)OC)C4=N3. The van der Waals surface area contributed by atoms with E-state index in [0.717, 1.165) is 70.7 Å². The van der Waals surface area contributed by atoms with Crippen molar-refractivity contribution in [1.29, 1.82) is 0 Å². The van der Waals surface area contributed by atoms with E-state index in [-0.39, 0.29) is 42.5 Å². The number of methoxy groups -OCH3 is 1. The maximum absolute atomic E-state index is 13.8. The Hall–Kier alpha value is -4.57. The van der Waals surface area contributed by atoms with Gasteiger partial charge in [0.2, 0.25) is 0 Å². The molecule has 49 heavy (non-hydrogen) atoms. The molecule has 10 heteroatoms. The van der Waals surface area contributed by atoms with Crippen LogP contribution in [0.25, 0.3) is 0 Å². The number of nitrogens with one attached hydrogen (secondary N) is 2. The molecule has 0 radical (unpaired) electrons. The topological polar surface area (TPSA) is 145 Å². The number of hydrogen-bond donors (Lipinski definition) is 4. The molecule has 0 aromatic heterocycles. The van der Waals surface area contributed by atoms with Crippen molar-refractivity contribution < 1.29 is 24.5 Å². The van der Waals surface area contributed by atoms with Crippen LogP contribution in [0.3, 0.4) is 0 Å². The molecule has 1 saturated heterocycles.